The Morgan fingerprint density at radius 2 is 1.95 bits per heavy atom. The van der Waals surface area contributed by atoms with Crippen LogP contribution in [0.2, 0.25) is 0 Å². The zero-order chi connectivity index (χ0) is 16.6. The molecule has 1 rings (SSSR count). The minimum atomic E-state index is -0.194. The summed E-state index contributed by atoms with van der Waals surface area (Å²) >= 11 is 0. The van der Waals surface area contributed by atoms with Crippen LogP contribution in [0.15, 0.2) is 24.3 Å². The van der Waals surface area contributed by atoms with E-state index < -0.39 is 0 Å². The molecular weight excluding hydrogens is 280 g/mol. The lowest BCUT2D eigenvalue weighted by Gasteiger charge is -2.19. The van der Waals surface area contributed by atoms with Gasteiger partial charge in [-0.2, -0.15) is 0 Å². The number of ether oxygens (including phenoxy) is 2. The molecule has 124 valence electrons. The quantitative estimate of drug-likeness (QED) is 0.814. The molecule has 0 saturated carbocycles. The third-order valence-electron chi connectivity index (χ3n) is 2.91. The van der Waals surface area contributed by atoms with E-state index in [4.69, 9.17) is 9.47 Å². The standard InChI is InChI=1S/C17H28N2O3/c1-13(11-21-5)19-16(20)18-10-14-7-6-8-15(9-14)12-22-17(2,3)4/h6-9,13H,10-12H2,1-5H3,(H2,18,19,20)/t13-/m1/s1. The minimum Gasteiger partial charge on any atom is -0.383 e. The number of hydrogen-bond donors (Lipinski definition) is 2. The van der Waals surface area contributed by atoms with Crippen molar-refractivity contribution in [3.63, 3.8) is 0 Å². The first kappa shape index (κ1) is 18.5. The number of carbonyl (C=O) groups excluding carboxylic acids is 1. The van der Waals surface area contributed by atoms with Gasteiger partial charge in [0.15, 0.2) is 0 Å². The van der Waals surface area contributed by atoms with E-state index in [1.165, 1.54) is 0 Å². The highest BCUT2D eigenvalue weighted by Gasteiger charge is 2.10. The van der Waals surface area contributed by atoms with Crippen LogP contribution in [0.3, 0.4) is 0 Å². The highest BCUT2D eigenvalue weighted by atomic mass is 16.5. The van der Waals surface area contributed by atoms with Gasteiger partial charge in [-0.15, -0.1) is 0 Å². The number of urea groups is 1. The van der Waals surface area contributed by atoms with Crippen LogP contribution < -0.4 is 10.6 Å². The lowest BCUT2D eigenvalue weighted by Crippen LogP contribution is -2.42. The van der Waals surface area contributed by atoms with Crippen LogP contribution in [0.1, 0.15) is 38.8 Å². The molecule has 1 aromatic rings. The molecule has 1 aromatic carbocycles. The molecule has 1 atom stereocenters. The SMILES string of the molecule is COC[C@@H](C)NC(=O)NCc1cccc(COC(C)(C)C)c1. The maximum Gasteiger partial charge on any atom is 0.315 e. The number of amides is 2. The Balaban J connectivity index is 2.44. The van der Waals surface area contributed by atoms with Crippen LogP contribution in [0.5, 0.6) is 0 Å². The van der Waals surface area contributed by atoms with E-state index in [9.17, 15) is 4.79 Å². The van der Waals surface area contributed by atoms with E-state index in [1.54, 1.807) is 7.11 Å². The molecule has 5 nitrogen and oxygen atoms in total. The van der Waals surface area contributed by atoms with Gasteiger partial charge in [0.25, 0.3) is 0 Å². The van der Waals surface area contributed by atoms with E-state index in [1.807, 2.05) is 52.0 Å². The van der Waals surface area contributed by atoms with Crippen molar-refractivity contribution in [1.82, 2.24) is 10.6 Å². The molecule has 22 heavy (non-hydrogen) atoms. The number of methoxy groups -OCH3 is 1. The summed E-state index contributed by atoms with van der Waals surface area (Å²) in [4.78, 5) is 11.7. The Labute approximate surface area is 133 Å². The number of carbonyl (C=O) groups is 1. The van der Waals surface area contributed by atoms with E-state index in [-0.39, 0.29) is 17.7 Å². The molecule has 0 unspecified atom stereocenters. The zero-order valence-corrected chi connectivity index (χ0v) is 14.2. The summed E-state index contributed by atoms with van der Waals surface area (Å²) in [7, 11) is 1.61. The summed E-state index contributed by atoms with van der Waals surface area (Å²) in [6, 6.07) is 7.82. The average molecular weight is 308 g/mol. The van der Waals surface area contributed by atoms with Crippen molar-refractivity contribution in [2.24, 2.45) is 0 Å². The van der Waals surface area contributed by atoms with Gasteiger partial charge in [-0.1, -0.05) is 24.3 Å². The Kier molecular flexibility index (Phi) is 7.35. The highest BCUT2D eigenvalue weighted by molar-refractivity contribution is 5.74. The molecule has 0 aliphatic heterocycles. The van der Waals surface area contributed by atoms with Gasteiger partial charge in [0.2, 0.25) is 0 Å². The van der Waals surface area contributed by atoms with Gasteiger partial charge in [-0.3, -0.25) is 0 Å². The molecule has 0 aromatic heterocycles. The van der Waals surface area contributed by atoms with Crippen molar-refractivity contribution in [1.29, 1.82) is 0 Å². The fourth-order valence-electron chi connectivity index (χ4n) is 1.88. The fourth-order valence-corrected chi connectivity index (χ4v) is 1.88. The van der Waals surface area contributed by atoms with Crippen LogP contribution >= 0.6 is 0 Å². The van der Waals surface area contributed by atoms with Crippen molar-refractivity contribution in [3.05, 3.63) is 35.4 Å². The van der Waals surface area contributed by atoms with Gasteiger partial charge in [0.1, 0.15) is 0 Å². The van der Waals surface area contributed by atoms with Crippen molar-refractivity contribution in [3.8, 4) is 0 Å². The number of rotatable bonds is 7. The third-order valence-corrected chi connectivity index (χ3v) is 2.91. The Hall–Kier alpha value is -1.59. The van der Waals surface area contributed by atoms with Crippen LogP contribution in [0.4, 0.5) is 4.79 Å². The van der Waals surface area contributed by atoms with Gasteiger partial charge in [0, 0.05) is 13.7 Å². The van der Waals surface area contributed by atoms with Gasteiger partial charge in [-0.25, -0.2) is 4.79 Å². The third kappa shape index (κ3) is 8.00. The summed E-state index contributed by atoms with van der Waals surface area (Å²) in [6.45, 7) is 9.53. The van der Waals surface area contributed by atoms with Crippen LogP contribution in [-0.4, -0.2) is 31.4 Å². The second kappa shape index (κ2) is 8.76. The summed E-state index contributed by atoms with van der Waals surface area (Å²) in [6.07, 6.45) is 0. The molecule has 0 spiro atoms. The maximum atomic E-state index is 11.7. The largest absolute Gasteiger partial charge is 0.383 e. The van der Waals surface area contributed by atoms with E-state index in [0.29, 0.717) is 19.8 Å². The van der Waals surface area contributed by atoms with Crippen molar-refractivity contribution >= 4 is 6.03 Å². The van der Waals surface area contributed by atoms with Crippen molar-refractivity contribution in [2.75, 3.05) is 13.7 Å². The second-order valence-electron chi connectivity index (χ2n) is 6.40. The average Bonchev–Trinajstić information content (AvgIpc) is 2.43. The van der Waals surface area contributed by atoms with Gasteiger partial charge >= 0.3 is 6.03 Å². The molecule has 0 heterocycles. The van der Waals surface area contributed by atoms with Crippen LogP contribution in [-0.2, 0) is 22.6 Å². The summed E-state index contributed by atoms with van der Waals surface area (Å²) < 4.78 is 10.7. The number of hydrogen-bond acceptors (Lipinski definition) is 3. The topological polar surface area (TPSA) is 59.6 Å². The zero-order valence-electron chi connectivity index (χ0n) is 14.2. The smallest absolute Gasteiger partial charge is 0.315 e. The number of nitrogens with one attached hydrogen (secondary N) is 2. The molecule has 0 radical (unpaired) electrons. The predicted molar refractivity (Wildman–Crippen MR) is 87.7 cm³/mol. The fraction of sp³-hybridized carbons (Fsp3) is 0.588. The highest BCUT2D eigenvalue weighted by Crippen LogP contribution is 2.13. The maximum absolute atomic E-state index is 11.7. The normalized spacial score (nSPS) is 12.8. The van der Waals surface area contributed by atoms with Gasteiger partial charge in [-0.05, 0) is 38.8 Å². The first-order chi connectivity index (χ1) is 10.3. The van der Waals surface area contributed by atoms with E-state index >= 15 is 0 Å². The van der Waals surface area contributed by atoms with Crippen molar-refractivity contribution in [2.45, 2.75) is 52.5 Å². The van der Waals surface area contributed by atoms with E-state index in [0.717, 1.165) is 11.1 Å². The first-order valence-electron chi connectivity index (χ1n) is 7.55. The minimum absolute atomic E-state index is 0.0171. The number of benzene rings is 1. The Morgan fingerprint density at radius 3 is 2.59 bits per heavy atom. The lowest BCUT2D eigenvalue weighted by molar-refractivity contribution is -0.0149. The molecule has 0 fully saturated rings. The van der Waals surface area contributed by atoms with Gasteiger partial charge < -0.3 is 20.1 Å². The molecule has 0 aliphatic rings. The van der Waals surface area contributed by atoms with Crippen LogP contribution in [0.25, 0.3) is 0 Å². The molecule has 0 bridgehead atoms. The molecule has 2 N–H and O–H groups in total. The first-order valence-corrected chi connectivity index (χ1v) is 7.55. The molecule has 0 aliphatic carbocycles. The lowest BCUT2D eigenvalue weighted by atomic mass is 10.1. The Morgan fingerprint density at radius 1 is 1.27 bits per heavy atom. The molecular formula is C17H28N2O3. The summed E-state index contributed by atoms with van der Waals surface area (Å²) in [5, 5.41) is 5.65. The van der Waals surface area contributed by atoms with Crippen molar-refractivity contribution < 1.29 is 14.3 Å². The predicted octanol–water partition coefficient (Wildman–Crippen LogP) is 2.84. The monoisotopic (exact) mass is 308 g/mol. The molecule has 5 heteroatoms. The Bertz CT molecular complexity index is 469. The summed E-state index contributed by atoms with van der Waals surface area (Å²) in [5.41, 5.74) is 1.98. The molecule has 2 amide bonds. The molecule has 0 saturated heterocycles. The van der Waals surface area contributed by atoms with E-state index in [2.05, 4.69) is 10.6 Å². The van der Waals surface area contributed by atoms with Crippen LogP contribution in [0, 0.1) is 0 Å². The van der Waals surface area contributed by atoms with Gasteiger partial charge in [0.05, 0.1) is 24.9 Å². The summed E-state index contributed by atoms with van der Waals surface area (Å²) in [5.74, 6) is 0. The second-order valence-corrected chi connectivity index (χ2v) is 6.40.